The van der Waals surface area contributed by atoms with E-state index < -0.39 is 0 Å². The van der Waals surface area contributed by atoms with Crippen LogP contribution in [-0.4, -0.2) is 11.8 Å². The average molecular weight is 233 g/mol. The molecular weight excluding hydrogens is 218 g/mol. The monoisotopic (exact) mass is 233 g/mol. The summed E-state index contributed by atoms with van der Waals surface area (Å²) in [7, 11) is 0. The highest BCUT2D eigenvalue weighted by Gasteiger charge is 2.06. The second kappa shape index (κ2) is 5.39. The van der Waals surface area contributed by atoms with E-state index in [0.29, 0.717) is 24.7 Å². The Bertz CT molecular complexity index is 479. The number of hydrogen-bond donors (Lipinski definition) is 0. The highest BCUT2D eigenvalue weighted by atomic mass is 16.5. The fourth-order valence-corrected chi connectivity index (χ4v) is 1.48. The number of benzene rings is 1. The van der Waals surface area contributed by atoms with Gasteiger partial charge in [-0.2, -0.15) is 0 Å². The normalized spacial score (nSPS) is 10.2. The first kappa shape index (κ1) is 11.5. The molecule has 0 spiro atoms. The predicted octanol–water partition coefficient (Wildman–Crippen LogP) is 2.96. The lowest BCUT2D eigenvalue weighted by Gasteiger charge is -2.09. The lowest BCUT2D eigenvalue weighted by atomic mass is 10.3. The van der Waals surface area contributed by atoms with Crippen molar-refractivity contribution < 1.29 is 14.0 Å². The van der Waals surface area contributed by atoms with E-state index in [4.69, 9.17) is 14.0 Å². The van der Waals surface area contributed by atoms with Crippen molar-refractivity contribution in [1.29, 1.82) is 0 Å². The maximum absolute atomic E-state index is 5.63. The Kier molecular flexibility index (Phi) is 3.65. The van der Waals surface area contributed by atoms with E-state index in [-0.39, 0.29) is 0 Å². The van der Waals surface area contributed by atoms with Crippen LogP contribution in [0.15, 0.2) is 34.9 Å². The third kappa shape index (κ3) is 3.00. The Morgan fingerprint density at radius 2 is 1.88 bits per heavy atom. The van der Waals surface area contributed by atoms with Gasteiger partial charge in [0, 0.05) is 6.07 Å². The summed E-state index contributed by atoms with van der Waals surface area (Å²) in [4.78, 5) is 0. The van der Waals surface area contributed by atoms with E-state index in [1.807, 2.05) is 44.2 Å². The Morgan fingerprint density at radius 3 is 2.47 bits per heavy atom. The first-order valence-corrected chi connectivity index (χ1v) is 5.56. The number of hydrogen-bond acceptors (Lipinski definition) is 4. The van der Waals surface area contributed by atoms with Gasteiger partial charge >= 0.3 is 0 Å². The largest absolute Gasteiger partial charge is 0.490 e. The summed E-state index contributed by atoms with van der Waals surface area (Å²) in [5.41, 5.74) is 0.849. The van der Waals surface area contributed by atoms with Gasteiger partial charge in [-0.05, 0) is 26.0 Å². The Hall–Kier alpha value is -1.97. The van der Waals surface area contributed by atoms with Gasteiger partial charge in [0.25, 0.3) is 0 Å². The lowest BCUT2D eigenvalue weighted by Crippen LogP contribution is -1.98. The van der Waals surface area contributed by atoms with Crippen LogP contribution in [0.25, 0.3) is 0 Å². The van der Waals surface area contributed by atoms with Gasteiger partial charge in [0.1, 0.15) is 6.61 Å². The summed E-state index contributed by atoms with van der Waals surface area (Å²) < 4.78 is 16.2. The summed E-state index contributed by atoms with van der Waals surface area (Å²) in [6.45, 7) is 4.78. The van der Waals surface area contributed by atoms with Gasteiger partial charge in [-0.25, -0.2) is 0 Å². The lowest BCUT2D eigenvalue weighted by molar-refractivity contribution is 0.233. The summed E-state index contributed by atoms with van der Waals surface area (Å²) >= 11 is 0. The van der Waals surface area contributed by atoms with Gasteiger partial charge in [0.05, 0.1) is 12.3 Å². The van der Waals surface area contributed by atoms with E-state index in [1.54, 1.807) is 0 Å². The highest BCUT2D eigenvalue weighted by molar-refractivity contribution is 5.39. The molecule has 0 unspecified atom stereocenters. The molecule has 2 rings (SSSR count). The van der Waals surface area contributed by atoms with Crippen molar-refractivity contribution >= 4 is 0 Å². The van der Waals surface area contributed by atoms with E-state index >= 15 is 0 Å². The molecule has 0 aliphatic rings. The first-order chi connectivity index (χ1) is 8.29. The number of ether oxygens (including phenoxy) is 2. The fraction of sp³-hybridized carbons (Fsp3) is 0.308. The summed E-state index contributed by atoms with van der Waals surface area (Å²) in [6.07, 6.45) is 0. The molecule has 0 amide bonds. The molecule has 1 aromatic heterocycles. The van der Waals surface area contributed by atoms with Crippen molar-refractivity contribution in [2.45, 2.75) is 20.5 Å². The van der Waals surface area contributed by atoms with E-state index in [2.05, 4.69) is 5.16 Å². The van der Waals surface area contributed by atoms with Crippen LogP contribution < -0.4 is 9.47 Å². The van der Waals surface area contributed by atoms with Crippen molar-refractivity contribution in [3.05, 3.63) is 41.8 Å². The van der Waals surface area contributed by atoms with Crippen LogP contribution in [0.4, 0.5) is 0 Å². The van der Waals surface area contributed by atoms with E-state index in [9.17, 15) is 0 Å². The molecule has 0 N–H and O–H groups in total. The second-order valence-electron chi connectivity index (χ2n) is 3.60. The number of nitrogens with zero attached hydrogens (tertiary/aromatic N) is 1. The smallest absolute Gasteiger partial charge is 0.174 e. The minimum atomic E-state index is 0.352. The number of aryl methyl sites for hydroxylation is 1. The predicted molar refractivity (Wildman–Crippen MR) is 63.2 cm³/mol. The molecule has 0 bridgehead atoms. The first-order valence-electron chi connectivity index (χ1n) is 5.56. The average Bonchev–Trinajstić information content (AvgIpc) is 2.74. The van der Waals surface area contributed by atoms with Gasteiger partial charge in [0.2, 0.25) is 0 Å². The highest BCUT2D eigenvalue weighted by Crippen LogP contribution is 2.27. The number of rotatable bonds is 5. The molecular formula is C13H15NO3. The van der Waals surface area contributed by atoms with Crippen LogP contribution in [-0.2, 0) is 6.61 Å². The zero-order chi connectivity index (χ0) is 12.1. The topological polar surface area (TPSA) is 44.5 Å². The van der Waals surface area contributed by atoms with E-state index in [1.165, 1.54) is 0 Å². The maximum atomic E-state index is 5.63. The molecule has 4 nitrogen and oxygen atoms in total. The van der Waals surface area contributed by atoms with Gasteiger partial charge in [-0.3, -0.25) is 0 Å². The summed E-state index contributed by atoms with van der Waals surface area (Å²) in [6, 6.07) is 9.42. The molecule has 17 heavy (non-hydrogen) atoms. The summed E-state index contributed by atoms with van der Waals surface area (Å²) in [5.74, 6) is 2.16. The molecule has 90 valence electrons. The molecule has 1 heterocycles. The van der Waals surface area contributed by atoms with Crippen LogP contribution in [0.3, 0.4) is 0 Å². The van der Waals surface area contributed by atoms with Crippen molar-refractivity contribution in [3.8, 4) is 11.5 Å². The van der Waals surface area contributed by atoms with Gasteiger partial charge in [-0.1, -0.05) is 17.3 Å². The second-order valence-corrected chi connectivity index (χ2v) is 3.60. The van der Waals surface area contributed by atoms with Gasteiger partial charge < -0.3 is 14.0 Å². The molecule has 0 fully saturated rings. The van der Waals surface area contributed by atoms with Crippen LogP contribution in [0.5, 0.6) is 11.5 Å². The molecule has 0 radical (unpaired) electrons. The number of para-hydroxylation sites is 2. The Balaban J connectivity index is 2.03. The molecule has 0 aliphatic carbocycles. The minimum Gasteiger partial charge on any atom is -0.490 e. The molecule has 0 aliphatic heterocycles. The van der Waals surface area contributed by atoms with Gasteiger partial charge in [-0.15, -0.1) is 0 Å². The third-order valence-electron chi connectivity index (χ3n) is 2.20. The van der Waals surface area contributed by atoms with Gasteiger partial charge in [0.15, 0.2) is 17.3 Å². The Morgan fingerprint density at radius 1 is 1.18 bits per heavy atom. The molecule has 0 saturated carbocycles. The maximum Gasteiger partial charge on any atom is 0.174 e. The molecule has 0 atom stereocenters. The third-order valence-corrected chi connectivity index (χ3v) is 2.20. The molecule has 0 saturated heterocycles. The van der Waals surface area contributed by atoms with Crippen molar-refractivity contribution in [1.82, 2.24) is 5.16 Å². The quantitative estimate of drug-likeness (QED) is 0.796. The van der Waals surface area contributed by atoms with Crippen LogP contribution >= 0.6 is 0 Å². The van der Waals surface area contributed by atoms with Crippen LogP contribution in [0.1, 0.15) is 18.4 Å². The van der Waals surface area contributed by atoms with E-state index in [0.717, 1.165) is 11.4 Å². The zero-order valence-corrected chi connectivity index (χ0v) is 9.97. The molecule has 2 aromatic rings. The van der Waals surface area contributed by atoms with Crippen molar-refractivity contribution in [3.63, 3.8) is 0 Å². The SMILES string of the molecule is CCOc1ccccc1OCc1cc(C)no1. The minimum absolute atomic E-state index is 0.352. The molecule has 1 aromatic carbocycles. The molecule has 4 heteroatoms. The standard InChI is InChI=1S/C13H15NO3/c1-3-15-12-6-4-5-7-13(12)16-9-11-8-10(2)14-17-11/h4-8H,3,9H2,1-2H3. The van der Waals surface area contributed by atoms with Crippen molar-refractivity contribution in [2.75, 3.05) is 6.61 Å². The van der Waals surface area contributed by atoms with Crippen molar-refractivity contribution in [2.24, 2.45) is 0 Å². The van der Waals surface area contributed by atoms with Crippen LogP contribution in [0, 0.1) is 6.92 Å². The summed E-state index contributed by atoms with van der Waals surface area (Å²) in [5, 5.41) is 3.80. The van der Waals surface area contributed by atoms with Crippen LogP contribution in [0.2, 0.25) is 0 Å². The fourth-order valence-electron chi connectivity index (χ4n) is 1.48. The number of aromatic nitrogens is 1. The zero-order valence-electron chi connectivity index (χ0n) is 9.97. The Labute approximate surface area is 100 Å².